The summed E-state index contributed by atoms with van der Waals surface area (Å²) in [4.78, 5) is 92.4. The SMILES string of the molecule is O=C(COC(=O)[C@H](CCCCN1C(=O)[C@@H]2[C@H]3CC[C@@H](C3)[C@H]2C1=O)N1C(=O)[C@@H]2[C@H]3CC[C@@H](C3)[C@@H]2C1=O)c1cccc([N+](=O)[O-])c1. The molecule has 4 amide bonds. The molecule has 0 radical (unpaired) electrons. The number of esters is 1. The molecule has 6 fully saturated rings. The highest BCUT2D eigenvalue weighted by Gasteiger charge is 2.63. The summed E-state index contributed by atoms with van der Waals surface area (Å²) in [5.74, 6) is -2.93. The van der Waals surface area contributed by atoms with Gasteiger partial charge >= 0.3 is 5.97 Å². The summed E-state index contributed by atoms with van der Waals surface area (Å²) in [6.07, 6.45) is 6.37. The zero-order chi connectivity index (χ0) is 30.9. The van der Waals surface area contributed by atoms with E-state index in [1.807, 2.05) is 0 Å². The van der Waals surface area contributed by atoms with Gasteiger partial charge in [0.15, 0.2) is 6.61 Å². The molecule has 4 bridgehead atoms. The number of Topliss-reactive ketones (excluding diaryl/α,β-unsaturated/α-hetero) is 1. The quantitative estimate of drug-likeness (QED) is 0.0922. The van der Waals surface area contributed by atoms with E-state index in [0.29, 0.717) is 12.8 Å². The second-order valence-corrected chi connectivity index (χ2v) is 13.5. The number of likely N-dealkylation sites (tertiary alicyclic amines) is 2. The van der Waals surface area contributed by atoms with Gasteiger partial charge in [0.1, 0.15) is 6.04 Å². The van der Waals surface area contributed by atoms with Crippen LogP contribution in [0.25, 0.3) is 0 Å². The maximum Gasteiger partial charge on any atom is 0.329 e. The first kappa shape index (κ1) is 28.8. The highest BCUT2D eigenvalue weighted by Crippen LogP contribution is 2.57. The Morgan fingerprint density at radius 3 is 1.93 bits per heavy atom. The monoisotopic (exact) mass is 605 g/mol. The average molecular weight is 606 g/mol. The lowest BCUT2D eigenvalue weighted by molar-refractivity contribution is -0.384. The van der Waals surface area contributed by atoms with E-state index in [-0.39, 0.29) is 83.4 Å². The normalized spacial score (nSPS) is 33.7. The van der Waals surface area contributed by atoms with Gasteiger partial charge in [0.05, 0.1) is 28.6 Å². The van der Waals surface area contributed by atoms with Crippen molar-refractivity contribution >= 4 is 41.1 Å². The fourth-order valence-corrected chi connectivity index (χ4v) is 9.50. The van der Waals surface area contributed by atoms with Crippen molar-refractivity contribution in [2.75, 3.05) is 13.2 Å². The molecule has 1 aromatic carbocycles. The minimum atomic E-state index is -1.24. The first-order valence-corrected chi connectivity index (χ1v) is 15.8. The van der Waals surface area contributed by atoms with Crippen LogP contribution in [0.5, 0.6) is 0 Å². The van der Waals surface area contributed by atoms with Crippen LogP contribution >= 0.6 is 0 Å². The third kappa shape index (κ3) is 4.47. The number of imide groups is 2. The van der Waals surface area contributed by atoms with Gasteiger partial charge in [-0.25, -0.2) is 4.79 Å². The molecule has 2 heterocycles. The number of nitro benzene ring substituents is 1. The molecule has 4 aliphatic carbocycles. The lowest BCUT2D eigenvalue weighted by Gasteiger charge is -2.26. The van der Waals surface area contributed by atoms with E-state index in [0.717, 1.165) is 49.5 Å². The summed E-state index contributed by atoms with van der Waals surface area (Å²) in [5.41, 5.74) is -0.276. The Balaban J connectivity index is 1.02. The van der Waals surface area contributed by atoms with Crippen molar-refractivity contribution in [3.05, 3.63) is 39.9 Å². The molecular formula is C32H35N3O9. The first-order valence-electron chi connectivity index (χ1n) is 15.8. The van der Waals surface area contributed by atoms with Gasteiger partial charge in [-0.1, -0.05) is 12.1 Å². The maximum atomic E-state index is 13.6. The van der Waals surface area contributed by atoms with Crippen molar-refractivity contribution in [2.24, 2.45) is 47.3 Å². The number of ketones is 1. The van der Waals surface area contributed by atoms with Crippen LogP contribution in [0.3, 0.4) is 0 Å². The largest absolute Gasteiger partial charge is 0.456 e. The van der Waals surface area contributed by atoms with Crippen LogP contribution in [0.2, 0.25) is 0 Å². The fraction of sp³-hybridized carbons (Fsp3) is 0.625. The van der Waals surface area contributed by atoms with Gasteiger partial charge in [-0.15, -0.1) is 0 Å². The molecule has 12 heteroatoms. The molecule has 6 aliphatic rings. The molecule has 0 aromatic heterocycles. The van der Waals surface area contributed by atoms with Crippen LogP contribution < -0.4 is 0 Å². The van der Waals surface area contributed by atoms with E-state index in [1.54, 1.807) is 0 Å². The predicted molar refractivity (Wildman–Crippen MR) is 150 cm³/mol. The minimum absolute atomic E-state index is 0.00105. The highest BCUT2D eigenvalue weighted by atomic mass is 16.6. The summed E-state index contributed by atoms with van der Waals surface area (Å²) < 4.78 is 5.34. The van der Waals surface area contributed by atoms with Gasteiger partial charge in [-0.3, -0.25) is 43.9 Å². The molecule has 44 heavy (non-hydrogen) atoms. The Labute approximate surface area is 253 Å². The van der Waals surface area contributed by atoms with Crippen LogP contribution in [0, 0.1) is 57.5 Å². The smallest absolute Gasteiger partial charge is 0.329 e. The zero-order valence-electron chi connectivity index (χ0n) is 24.3. The molecule has 232 valence electrons. The molecule has 1 aromatic rings. The standard InChI is InChI=1S/C32H35N3O9/c36-23(16-4-3-5-21(14-16)35(42)43)15-44-32(41)22(34-30(39)26-19-9-10-20(13-19)27(26)31(34)40)6-1-2-11-33-28(37)24-17-7-8-18(12-17)25(24)29(33)38/h3-5,14,17-20,22,24-27H,1-2,6-13,15H2/t17-,18-,19-,20-,22-,24+,25+,26-,27+/m0/s1. The topological polar surface area (TPSA) is 161 Å². The summed E-state index contributed by atoms with van der Waals surface area (Å²) in [5, 5.41) is 11.1. The number of nitro groups is 1. The van der Waals surface area contributed by atoms with E-state index in [1.165, 1.54) is 23.1 Å². The fourth-order valence-electron chi connectivity index (χ4n) is 9.50. The number of unbranched alkanes of at least 4 members (excludes halogenated alkanes) is 1. The van der Waals surface area contributed by atoms with Crippen molar-refractivity contribution in [2.45, 2.75) is 63.8 Å². The van der Waals surface area contributed by atoms with E-state index in [9.17, 15) is 38.9 Å². The molecule has 0 N–H and O–H groups in total. The van der Waals surface area contributed by atoms with E-state index in [2.05, 4.69) is 0 Å². The second kappa shape index (κ2) is 10.9. The molecule has 4 saturated carbocycles. The van der Waals surface area contributed by atoms with E-state index in [4.69, 9.17) is 4.74 Å². The molecule has 12 nitrogen and oxygen atoms in total. The first-order chi connectivity index (χ1) is 21.2. The Morgan fingerprint density at radius 1 is 0.841 bits per heavy atom. The third-order valence-corrected chi connectivity index (χ3v) is 11.4. The number of ether oxygens (including phenoxy) is 1. The summed E-state index contributed by atoms with van der Waals surface area (Å²) in [7, 11) is 0. The summed E-state index contributed by atoms with van der Waals surface area (Å²) in [6, 6.07) is 3.84. The minimum Gasteiger partial charge on any atom is -0.456 e. The summed E-state index contributed by atoms with van der Waals surface area (Å²) in [6.45, 7) is -0.485. The van der Waals surface area contributed by atoms with Crippen LogP contribution in [-0.2, 0) is 28.7 Å². The molecule has 0 spiro atoms. The molecule has 0 unspecified atom stereocenters. The molecule has 7 rings (SSSR count). The van der Waals surface area contributed by atoms with Crippen LogP contribution in [0.1, 0.15) is 68.1 Å². The second-order valence-electron chi connectivity index (χ2n) is 13.5. The van der Waals surface area contributed by atoms with Gasteiger partial charge in [0.2, 0.25) is 29.4 Å². The van der Waals surface area contributed by atoms with E-state index >= 15 is 0 Å². The number of fused-ring (bicyclic) bond motifs is 10. The van der Waals surface area contributed by atoms with Crippen molar-refractivity contribution in [1.82, 2.24) is 9.80 Å². The van der Waals surface area contributed by atoms with Gasteiger partial charge in [-0.05, 0) is 81.5 Å². The predicted octanol–water partition coefficient (Wildman–Crippen LogP) is 2.92. The molecule has 2 saturated heterocycles. The van der Waals surface area contributed by atoms with Gasteiger partial charge in [0.25, 0.3) is 5.69 Å². The lowest BCUT2D eigenvalue weighted by Crippen LogP contribution is -2.47. The number of carbonyl (C=O) groups excluding carboxylic acids is 6. The number of hydrogen-bond donors (Lipinski definition) is 0. The molecule has 9 atom stereocenters. The van der Waals surface area contributed by atoms with Crippen molar-refractivity contribution in [1.29, 1.82) is 0 Å². The Bertz CT molecular complexity index is 1420. The Morgan fingerprint density at radius 2 is 1.39 bits per heavy atom. The maximum absolute atomic E-state index is 13.6. The molecule has 2 aliphatic heterocycles. The van der Waals surface area contributed by atoms with E-state index < -0.39 is 41.2 Å². The number of rotatable bonds is 11. The lowest BCUT2D eigenvalue weighted by atomic mass is 9.81. The number of hydrogen-bond acceptors (Lipinski definition) is 9. The van der Waals surface area contributed by atoms with Gasteiger partial charge in [0, 0.05) is 24.2 Å². The zero-order valence-corrected chi connectivity index (χ0v) is 24.3. The number of carbonyl (C=O) groups is 6. The summed E-state index contributed by atoms with van der Waals surface area (Å²) >= 11 is 0. The average Bonchev–Trinajstić information content (AvgIpc) is 3.87. The number of non-ortho nitro benzene ring substituents is 1. The van der Waals surface area contributed by atoms with Crippen LogP contribution in [0.15, 0.2) is 24.3 Å². The number of nitrogens with zero attached hydrogens (tertiary/aromatic N) is 3. The van der Waals surface area contributed by atoms with Gasteiger partial charge < -0.3 is 4.74 Å². The number of amides is 4. The van der Waals surface area contributed by atoms with Crippen molar-refractivity contribution in [3.8, 4) is 0 Å². The van der Waals surface area contributed by atoms with Crippen LogP contribution in [0.4, 0.5) is 5.69 Å². The van der Waals surface area contributed by atoms with Crippen molar-refractivity contribution < 1.29 is 38.4 Å². The Hall–Kier alpha value is -3.96. The third-order valence-electron chi connectivity index (χ3n) is 11.4. The molecular weight excluding hydrogens is 570 g/mol. The highest BCUT2D eigenvalue weighted by molar-refractivity contribution is 6.09. The van der Waals surface area contributed by atoms with Crippen molar-refractivity contribution in [3.63, 3.8) is 0 Å². The van der Waals surface area contributed by atoms with Crippen LogP contribution in [-0.4, -0.2) is 69.3 Å². The Kier molecular flexibility index (Phi) is 7.12. The number of benzene rings is 1. The van der Waals surface area contributed by atoms with Gasteiger partial charge in [-0.2, -0.15) is 0 Å².